The van der Waals surface area contributed by atoms with Crippen LogP contribution in [0, 0.1) is 5.92 Å². The number of hydrogen-bond acceptors (Lipinski definition) is 3. The first-order valence-corrected chi connectivity index (χ1v) is 9.04. The fourth-order valence-corrected chi connectivity index (χ4v) is 4.12. The molecule has 1 aliphatic heterocycles. The number of hydrogen-bond donors (Lipinski definition) is 1. The minimum absolute atomic E-state index is 0.0291. The zero-order chi connectivity index (χ0) is 17.2. The predicted octanol–water partition coefficient (Wildman–Crippen LogP) is 2.48. The number of benzene rings is 1. The summed E-state index contributed by atoms with van der Waals surface area (Å²) in [7, 11) is 0. The van der Waals surface area contributed by atoms with Crippen molar-refractivity contribution in [1.82, 2.24) is 9.47 Å². The molecule has 132 valence electrons. The Balaban J connectivity index is 1.59. The molecule has 5 heteroatoms. The number of amides is 1. The maximum absolute atomic E-state index is 13.2. The molecule has 1 aromatic heterocycles. The third-order valence-electron chi connectivity index (χ3n) is 5.45. The van der Waals surface area contributed by atoms with Crippen molar-refractivity contribution in [1.29, 1.82) is 0 Å². The first kappa shape index (κ1) is 16.4. The lowest BCUT2D eigenvalue weighted by Gasteiger charge is -2.40. The third-order valence-corrected chi connectivity index (χ3v) is 5.45. The molecular weight excluding hydrogens is 316 g/mol. The molecule has 1 aliphatic carbocycles. The van der Waals surface area contributed by atoms with Crippen molar-refractivity contribution in [3.8, 4) is 5.69 Å². The van der Waals surface area contributed by atoms with E-state index in [0.717, 1.165) is 24.9 Å². The van der Waals surface area contributed by atoms with Crippen molar-refractivity contribution >= 4 is 5.91 Å². The van der Waals surface area contributed by atoms with E-state index in [4.69, 9.17) is 4.74 Å². The van der Waals surface area contributed by atoms with Crippen molar-refractivity contribution in [2.75, 3.05) is 19.8 Å². The normalized spacial score (nSPS) is 26.8. The van der Waals surface area contributed by atoms with Gasteiger partial charge in [0.15, 0.2) is 0 Å². The molecule has 25 heavy (non-hydrogen) atoms. The van der Waals surface area contributed by atoms with E-state index in [1.165, 1.54) is 0 Å². The molecule has 1 saturated carbocycles. The largest absolute Gasteiger partial charge is 0.393 e. The number of aliphatic hydroxyl groups is 1. The average Bonchev–Trinajstić information content (AvgIpc) is 3.33. The number of rotatable bonds is 3. The molecule has 0 bridgehead atoms. The van der Waals surface area contributed by atoms with Crippen LogP contribution in [0.5, 0.6) is 0 Å². The van der Waals surface area contributed by atoms with Gasteiger partial charge in [-0.15, -0.1) is 0 Å². The lowest BCUT2D eigenvalue weighted by Crippen LogP contribution is -2.53. The van der Waals surface area contributed by atoms with Crippen LogP contribution in [0.15, 0.2) is 48.8 Å². The second-order valence-corrected chi connectivity index (χ2v) is 6.94. The Kier molecular flexibility index (Phi) is 4.59. The van der Waals surface area contributed by atoms with Gasteiger partial charge < -0.3 is 19.3 Å². The first-order chi connectivity index (χ1) is 12.2. The summed E-state index contributed by atoms with van der Waals surface area (Å²) < 4.78 is 7.63. The monoisotopic (exact) mass is 340 g/mol. The molecule has 3 atom stereocenters. The number of ether oxygens (including phenoxy) is 1. The van der Waals surface area contributed by atoms with Gasteiger partial charge in [-0.1, -0.05) is 12.5 Å². The maximum Gasteiger partial charge on any atom is 0.254 e. The molecule has 1 N–H and O–H groups in total. The zero-order valence-electron chi connectivity index (χ0n) is 14.3. The Hall–Kier alpha value is -2.11. The molecule has 3 unspecified atom stereocenters. The number of carbonyl (C=O) groups excluding carboxylic acids is 1. The Morgan fingerprint density at radius 2 is 2.00 bits per heavy atom. The molecule has 1 aromatic carbocycles. The molecule has 5 nitrogen and oxygen atoms in total. The van der Waals surface area contributed by atoms with Gasteiger partial charge in [-0.3, -0.25) is 4.79 Å². The van der Waals surface area contributed by atoms with Gasteiger partial charge in [-0.25, -0.2) is 0 Å². The SMILES string of the molecule is O=C(c1cccc(-n2cccc2)c1)N1CCOCC1C1CCCC1O. The molecule has 2 heterocycles. The van der Waals surface area contributed by atoms with Crippen molar-refractivity contribution in [3.63, 3.8) is 0 Å². The summed E-state index contributed by atoms with van der Waals surface area (Å²) in [4.78, 5) is 15.1. The zero-order valence-corrected chi connectivity index (χ0v) is 14.3. The molecule has 4 rings (SSSR count). The fourth-order valence-electron chi connectivity index (χ4n) is 4.12. The molecule has 2 aliphatic rings. The van der Waals surface area contributed by atoms with E-state index in [0.29, 0.717) is 25.3 Å². The molecule has 2 fully saturated rings. The Labute approximate surface area is 147 Å². The van der Waals surface area contributed by atoms with E-state index < -0.39 is 0 Å². The Morgan fingerprint density at radius 1 is 1.16 bits per heavy atom. The quantitative estimate of drug-likeness (QED) is 0.934. The minimum atomic E-state index is -0.326. The summed E-state index contributed by atoms with van der Waals surface area (Å²) in [6.07, 6.45) is 6.42. The van der Waals surface area contributed by atoms with Crippen LogP contribution in [0.4, 0.5) is 0 Å². The molecule has 0 spiro atoms. The third kappa shape index (κ3) is 3.22. The highest BCUT2D eigenvalue weighted by Gasteiger charge is 2.39. The standard InChI is InChI=1S/C20H24N2O3/c23-19-8-4-7-17(19)18-14-25-12-11-22(18)20(24)15-5-3-6-16(13-15)21-9-1-2-10-21/h1-3,5-6,9-10,13,17-19,23H,4,7-8,11-12,14H2. The molecule has 1 saturated heterocycles. The van der Waals surface area contributed by atoms with Crippen molar-refractivity contribution in [2.24, 2.45) is 5.92 Å². The van der Waals surface area contributed by atoms with Gasteiger partial charge >= 0.3 is 0 Å². The van der Waals surface area contributed by atoms with Crippen molar-refractivity contribution in [3.05, 3.63) is 54.4 Å². The average molecular weight is 340 g/mol. The second kappa shape index (κ2) is 7.02. The van der Waals surface area contributed by atoms with E-state index >= 15 is 0 Å². The summed E-state index contributed by atoms with van der Waals surface area (Å²) >= 11 is 0. The van der Waals surface area contributed by atoms with E-state index in [9.17, 15) is 9.90 Å². The van der Waals surface area contributed by atoms with Crippen LogP contribution < -0.4 is 0 Å². The summed E-state index contributed by atoms with van der Waals surface area (Å²) in [5, 5.41) is 10.3. The summed E-state index contributed by atoms with van der Waals surface area (Å²) in [6, 6.07) is 11.6. The minimum Gasteiger partial charge on any atom is -0.393 e. The number of aromatic nitrogens is 1. The smallest absolute Gasteiger partial charge is 0.254 e. The van der Waals surface area contributed by atoms with Crippen LogP contribution in [0.1, 0.15) is 29.6 Å². The first-order valence-electron chi connectivity index (χ1n) is 9.04. The molecular formula is C20H24N2O3. The van der Waals surface area contributed by atoms with Gasteiger partial charge in [0.2, 0.25) is 0 Å². The fraction of sp³-hybridized carbons (Fsp3) is 0.450. The van der Waals surface area contributed by atoms with Crippen LogP contribution in [0.25, 0.3) is 5.69 Å². The topological polar surface area (TPSA) is 54.7 Å². The van der Waals surface area contributed by atoms with Gasteiger partial charge in [0, 0.05) is 36.1 Å². The summed E-state index contributed by atoms with van der Waals surface area (Å²) in [6.45, 7) is 1.66. The van der Waals surface area contributed by atoms with Crippen LogP contribution in [0.3, 0.4) is 0 Å². The van der Waals surface area contributed by atoms with Crippen LogP contribution in [-0.2, 0) is 4.74 Å². The van der Waals surface area contributed by atoms with Crippen molar-refractivity contribution < 1.29 is 14.6 Å². The summed E-state index contributed by atoms with van der Waals surface area (Å²) in [5.74, 6) is 0.151. The van der Waals surface area contributed by atoms with E-state index in [-0.39, 0.29) is 24.0 Å². The van der Waals surface area contributed by atoms with Crippen molar-refractivity contribution in [2.45, 2.75) is 31.4 Å². The Morgan fingerprint density at radius 3 is 2.76 bits per heavy atom. The number of aliphatic hydroxyl groups excluding tert-OH is 1. The lowest BCUT2D eigenvalue weighted by molar-refractivity contribution is -0.0383. The van der Waals surface area contributed by atoms with E-state index in [2.05, 4.69) is 0 Å². The maximum atomic E-state index is 13.2. The highest BCUT2D eigenvalue weighted by atomic mass is 16.5. The second-order valence-electron chi connectivity index (χ2n) is 6.94. The van der Waals surface area contributed by atoms with Gasteiger partial charge in [-0.2, -0.15) is 0 Å². The lowest BCUT2D eigenvalue weighted by atomic mass is 9.93. The molecule has 2 aromatic rings. The van der Waals surface area contributed by atoms with Gasteiger partial charge in [0.1, 0.15) is 0 Å². The number of morpholine rings is 1. The highest BCUT2D eigenvalue weighted by Crippen LogP contribution is 2.33. The van der Waals surface area contributed by atoms with Crippen LogP contribution >= 0.6 is 0 Å². The molecule has 0 radical (unpaired) electrons. The van der Waals surface area contributed by atoms with Crippen LogP contribution in [-0.4, -0.2) is 52.4 Å². The number of carbonyl (C=O) groups is 1. The summed E-state index contributed by atoms with van der Waals surface area (Å²) in [5.41, 5.74) is 1.66. The predicted molar refractivity (Wildman–Crippen MR) is 94.8 cm³/mol. The van der Waals surface area contributed by atoms with E-state index in [1.807, 2.05) is 58.3 Å². The van der Waals surface area contributed by atoms with Gasteiger partial charge in [-0.05, 0) is 43.2 Å². The van der Waals surface area contributed by atoms with Crippen LogP contribution in [0.2, 0.25) is 0 Å². The highest BCUT2D eigenvalue weighted by molar-refractivity contribution is 5.95. The van der Waals surface area contributed by atoms with Gasteiger partial charge in [0.25, 0.3) is 5.91 Å². The molecule has 1 amide bonds. The number of nitrogens with zero attached hydrogens (tertiary/aromatic N) is 2. The van der Waals surface area contributed by atoms with E-state index in [1.54, 1.807) is 0 Å². The Bertz CT molecular complexity index is 728. The van der Waals surface area contributed by atoms with Gasteiger partial charge in [0.05, 0.1) is 25.4 Å².